The summed E-state index contributed by atoms with van der Waals surface area (Å²) in [5.41, 5.74) is 2.70. The summed E-state index contributed by atoms with van der Waals surface area (Å²) in [4.78, 5) is 27.0. The van der Waals surface area contributed by atoms with Crippen molar-refractivity contribution in [2.45, 2.75) is 38.6 Å². The van der Waals surface area contributed by atoms with Crippen LogP contribution in [0.4, 0.5) is 5.69 Å². The van der Waals surface area contributed by atoms with Crippen LogP contribution >= 0.6 is 11.6 Å². The minimum absolute atomic E-state index is 0.0590. The summed E-state index contributed by atoms with van der Waals surface area (Å²) in [5, 5.41) is 13.9. The second kappa shape index (κ2) is 12.4. The number of unbranched alkanes of at least 4 members (excludes halogenated alkanes) is 1. The summed E-state index contributed by atoms with van der Waals surface area (Å²) in [7, 11) is 0. The van der Waals surface area contributed by atoms with Crippen LogP contribution in [0.25, 0.3) is 11.3 Å². The molecule has 36 heavy (non-hydrogen) atoms. The van der Waals surface area contributed by atoms with Gasteiger partial charge in [-0.1, -0.05) is 49.2 Å². The zero-order valence-corrected chi connectivity index (χ0v) is 21.2. The number of nitrogens with zero attached hydrogens (tertiary/aromatic N) is 2. The van der Waals surface area contributed by atoms with Gasteiger partial charge >= 0.3 is 0 Å². The Hall–Kier alpha value is -3.52. The predicted molar refractivity (Wildman–Crippen MR) is 141 cm³/mol. The van der Waals surface area contributed by atoms with Crippen LogP contribution in [0, 0.1) is 0 Å². The summed E-state index contributed by atoms with van der Waals surface area (Å²) < 4.78 is 5.76. The van der Waals surface area contributed by atoms with Crippen LogP contribution in [0.1, 0.15) is 43.1 Å². The minimum Gasteiger partial charge on any atom is -0.494 e. The Kier molecular flexibility index (Phi) is 8.84. The zero-order valence-electron chi connectivity index (χ0n) is 20.4. The van der Waals surface area contributed by atoms with E-state index in [1.807, 2.05) is 48.5 Å². The molecule has 3 aromatic rings. The number of carbonyl (C=O) groups excluding carboxylic acids is 2. The van der Waals surface area contributed by atoms with Crippen LogP contribution < -0.4 is 15.4 Å². The molecule has 4 rings (SSSR count). The molecule has 1 aliphatic rings. The highest BCUT2D eigenvalue weighted by molar-refractivity contribution is 6.33. The number of H-pyrrole nitrogens is 1. The van der Waals surface area contributed by atoms with Crippen molar-refractivity contribution < 1.29 is 14.3 Å². The topological polar surface area (TPSA) is 99.4 Å². The maximum Gasteiger partial charge on any atom is 0.269 e. The van der Waals surface area contributed by atoms with Crippen molar-refractivity contribution in [3.05, 3.63) is 65.3 Å². The van der Waals surface area contributed by atoms with Crippen LogP contribution in [0.2, 0.25) is 5.02 Å². The van der Waals surface area contributed by atoms with Gasteiger partial charge in [0.05, 0.1) is 29.6 Å². The second-order valence-corrected chi connectivity index (χ2v) is 9.27. The fourth-order valence-corrected chi connectivity index (χ4v) is 4.29. The molecule has 0 radical (unpaired) electrons. The SMILES string of the molecule is CCCCOc1cccc(-c2cc(C(=O)NCC(=O)N3CCC(Nc4ccccc4Cl)CC3)[nH]n2)c1. The van der Waals surface area contributed by atoms with Gasteiger partial charge in [-0.15, -0.1) is 0 Å². The van der Waals surface area contributed by atoms with E-state index in [0.717, 1.165) is 42.7 Å². The molecule has 2 amide bonds. The van der Waals surface area contributed by atoms with E-state index in [0.29, 0.717) is 36.1 Å². The third-order valence-electron chi connectivity index (χ3n) is 6.20. The van der Waals surface area contributed by atoms with E-state index in [4.69, 9.17) is 16.3 Å². The van der Waals surface area contributed by atoms with E-state index < -0.39 is 0 Å². The summed E-state index contributed by atoms with van der Waals surface area (Å²) in [6.07, 6.45) is 3.69. The van der Waals surface area contributed by atoms with Crippen LogP contribution in [0.5, 0.6) is 5.75 Å². The van der Waals surface area contributed by atoms with Crippen LogP contribution in [-0.2, 0) is 4.79 Å². The minimum atomic E-state index is -0.368. The molecule has 1 fully saturated rings. The maximum absolute atomic E-state index is 12.7. The number of ether oxygens (including phenoxy) is 1. The van der Waals surface area contributed by atoms with Crippen LogP contribution in [0.15, 0.2) is 54.6 Å². The lowest BCUT2D eigenvalue weighted by Gasteiger charge is -2.33. The Balaban J connectivity index is 1.24. The Morgan fingerprint density at radius 3 is 2.72 bits per heavy atom. The lowest BCUT2D eigenvalue weighted by atomic mass is 10.0. The first-order chi connectivity index (χ1) is 17.5. The smallest absolute Gasteiger partial charge is 0.269 e. The Morgan fingerprint density at radius 1 is 1.14 bits per heavy atom. The van der Waals surface area contributed by atoms with Crippen molar-refractivity contribution in [1.82, 2.24) is 20.4 Å². The number of aromatic nitrogens is 2. The number of para-hydroxylation sites is 1. The molecule has 9 heteroatoms. The first kappa shape index (κ1) is 25.6. The van der Waals surface area contributed by atoms with Crippen molar-refractivity contribution in [3.8, 4) is 17.0 Å². The molecule has 0 spiro atoms. The molecule has 190 valence electrons. The number of rotatable bonds is 10. The van der Waals surface area contributed by atoms with Crippen molar-refractivity contribution in [2.75, 3.05) is 31.6 Å². The molecule has 1 aliphatic heterocycles. The van der Waals surface area contributed by atoms with Gasteiger partial charge in [0.15, 0.2) is 0 Å². The van der Waals surface area contributed by atoms with Gasteiger partial charge in [0.2, 0.25) is 5.91 Å². The molecule has 1 saturated heterocycles. The molecule has 8 nitrogen and oxygen atoms in total. The first-order valence-corrected chi connectivity index (χ1v) is 12.8. The Morgan fingerprint density at radius 2 is 1.94 bits per heavy atom. The van der Waals surface area contributed by atoms with E-state index in [1.165, 1.54) is 0 Å². The lowest BCUT2D eigenvalue weighted by molar-refractivity contribution is -0.131. The van der Waals surface area contributed by atoms with Gasteiger partial charge in [-0.2, -0.15) is 5.10 Å². The number of halogens is 1. The average molecular weight is 510 g/mol. The normalized spacial score (nSPS) is 13.9. The molecule has 0 saturated carbocycles. The van der Waals surface area contributed by atoms with Gasteiger partial charge < -0.3 is 20.3 Å². The molecule has 2 heterocycles. The number of hydrogen-bond acceptors (Lipinski definition) is 5. The quantitative estimate of drug-likeness (QED) is 0.343. The van der Waals surface area contributed by atoms with Gasteiger partial charge in [-0.05, 0) is 49.6 Å². The Labute approximate surface area is 216 Å². The molecular formula is C27H32ClN5O3. The summed E-state index contributed by atoms with van der Waals surface area (Å²) in [5.74, 6) is 0.301. The largest absolute Gasteiger partial charge is 0.494 e. The third kappa shape index (κ3) is 6.79. The fraction of sp³-hybridized carbons (Fsp3) is 0.370. The average Bonchev–Trinajstić information content (AvgIpc) is 3.40. The maximum atomic E-state index is 12.7. The number of benzene rings is 2. The third-order valence-corrected chi connectivity index (χ3v) is 6.53. The molecule has 1 aromatic heterocycles. The van der Waals surface area contributed by atoms with Crippen LogP contribution in [0.3, 0.4) is 0 Å². The lowest BCUT2D eigenvalue weighted by Crippen LogP contribution is -2.46. The van der Waals surface area contributed by atoms with Crippen molar-refractivity contribution in [2.24, 2.45) is 0 Å². The number of carbonyl (C=O) groups is 2. The number of hydrogen-bond donors (Lipinski definition) is 3. The molecule has 3 N–H and O–H groups in total. The monoisotopic (exact) mass is 509 g/mol. The number of aromatic amines is 1. The van der Waals surface area contributed by atoms with Crippen molar-refractivity contribution >= 4 is 29.1 Å². The van der Waals surface area contributed by atoms with Crippen molar-refractivity contribution in [1.29, 1.82) is 0 Å². The number of piperidine rings is 1. The molecule has 0 unspecified atom stereocenters. The highest BCUT2D eigenvalue weighted by atomic mass is 35.5. The van der Waals surface area contributed by atoms with Crippen LogP contribution in [-0.4, -0.2) is 59.2 Å². The molecule has 0 atom stereocenters. The van der Waals surface area contributed by atoms with Gasteiger partial charge in [-0.3, -0.25) is 14.7 Å². The standard InChI is InChI=1S/C27H32ClN5O3/c1-2-3-15-36-21-8-6-7-19(16-21)24-17-25(32-31-24)27(35)29-18-26(34)33-13-11-20(12-14-33)30-23-10-5-4-9-22(23)28/h4-10,16-17,20,30H,2-3,11-15,18H2,1H3,(H,29,35)(H,31,32). The predicted octanol–water partition coefficient (Wildman–Crippen LogP) is 4.74. The van der Waals surface area contributed by atoms with E-state index >= 15 is 0 Å². The van der Waals surface area contributed by atoms with E-state index in [-0.39, 0.29) is 24.4 Å². The Bertz CT molecular complexity index is 1170. The van der Waals surface area contributed by atoms with Crippen molar-refractivity contribution in [3.63, 3.8) is 0 Å². The van der Waals surface area contributed by atoms with Gasteiger partial charge in [-0.25, -0.2) is 0 Å². The summed E-state index contributed by atoms with van der Waals surface area (Å²) >= 11 is 6.23. The van der Waals surface area contributed by atoms with Gasteiger partial charge in [0.25, 0.3) is 5.91 Å². The van der Waals surface area contributed by atoms with Gasteiger partial charge in [0, 0.05) is 24.7 Å². The number of anilines is 1. The number of amides is 2. The zero-order chi connectivity index (χ0) is 25.3. The molecular weight excluding hydrogens is 478 g/mol. The first-order valence-electron chi connectivity index (χ1n) is 12.4. The second-order valence-electron chi connectivity index (χ2n) is 8.86. The molecule has 0 bridgehead atoms. The molecule has 0 aliphatic carbocycles. The summed E-state index contributed by atoms with van der Waals surface area (Å²) in [6, 6.07) is 17.2. The van der Waals surface area contributed by atoms with E-state index in [1.54, 1.807) is 11.0 Å². The van der Waals surface area contributed by atoms with E-state index in [9.17, 15) is 9.59 Å². The highest BCUT2D eigenvalue weighted by Crippen LogP contribution is 2.25. The van der Waals surface area contributed by atoms with Gasteiger partial charge in [0.1, 0.15) is 11.4 Å². The fourth-order valence-electron chi connectivity index (χ4n) is 4.10. The molecule has 2 aromatic carbocycles. The number of nitrogens with one attached hydrogen (secondary N) is 3. The highest BCUT2D eigenvalue weighted by Gasteiger charge is 2.23. The van der Waals surface area contributed by atoms with E-state index in [2.05, 4.69) is 27.8 Å². The summed E-state index contributed by atoms with van der Waals surface area (Å²) in [6.45, 7) is 3.98. The number of likely N-dealkylation sites (tertiary alicyclic amines) is 1.